The number of benzene rings is 1. The molecule has 0 aliphatic rings. The van der Waals surface area contributed by atoms with Crippen LogP contribution in [0.3, 0.4) is 0 Å². The molecule has 1 heterocycles. The van der Waals surface area contributed by atoms with E-state index in [1.165, 1.54) is 0 Å². The van der Waals surface area contributed by atoms with Crippen molar-refractivity contribution in [2.75, 3.05) is 6.61 Å². The summed E-state index contributed by atoms with van der Waals surface area (Å²) in [5.74, 6) is 1.72. The van der Waals surface area contributed by atoms with Crippen LogP contribution in [-0.4, -0.2) is 26.5 Å². The molecule has 0 saturated carbocycles. The number of nitrogens with two attached hydrogens (primary N) is 1. The van der Waals surface area contributed by atoms with E-state index in [-0.39, 0.29) is 6.61 Å². The third-order valence-corrected chi connectivity index (χ3v) is 3.49. The minimum absolute atomic E-state index is 0.137. The van der Waals surface area contributed by atoms with E-state index in [1.807, 2.05) is 48.9 Å². The van der Waals surface area contributed by atoms with Crippen LogP contribution < -0.4 is 5.73 Å². The quantitative estimate of drug-likeness (QED) is 0.831. The van der Waals surface area contributed by atoms with Gasteiger partial charge in [-0.15, -0.1) is 0 Å². The first-order valence-corrected chi connectivity index (χ1v) is 7.00. The van der Waals surface area contributed by atoms with Gasteiger partial charge >= 0.3 is 0 Å². The van der Waals surface area contributed by atoms with Gasteiger partial charge in [0.05, 0.1) is 18.7 Å². The van der Waals surface area contributed by atoms with Crippen LogP contribution in [0.15, 0.2) is 30.3 Å². The van der Waals surface area contributed by atoms with Gasteiger partial charge in [-0.3, -0.25) is 0 Å². The van der Waals surface area contributed by atoms with E-state index in [9.17, 15) is 5.11 Å². The molecule has 1 atom stereocenters. The van der Waals surface area contributed by atoms with Crippen LogP contribution in [0, 0.1) is 0 Å². The topological polar surface area (TPSA) is 77.0 Å². The van der Waals surface area contributed by atoms with Crippen LogP contribution in [0.2, 0.25) is 0 Å². The van der Waals surface area contributed by atoms with Gasteiger partial charge in [-0.25, -0.2) is 9.67 Å². The molecule has 0 amide bonds. The van der Waals surface area contributed by atoms with E-state index in [0.717, 1.165) is 30.1 Å². The first kappa shape index (κ1) is 14.7. The molecule has 2 aromatic rings. The highest BCUT2D eigenvalue weighted by atomic mass is 16.3. The molecule has 3 N–H and O–H groups in total. The van der Waals surface area contributed by atoms with Crippen molar-refractivity contribution >= 4 is 0 Å². The van der Waals surface area contributed by atoms with Crippen molar-refractivity contribution in [2.24, 2.45) is 5.73 Å². The molecule has 1 aromatic heterocycles. The molecule has 0 saturated heterocycles. The minimum Gasteiger partial charge on any atom is -0.394 e. The lowest BCUT2D eigenvalue weighted by Gasteiger charge is -2.28. The Hall–Kier alpha value is -1.72. The average Bonchev–Trinajstić information content (AvgIpc) is 2.90. The normalized spacial score (nSPS) is 14.2. The summed E-state index contributed by atoms with van der Waals surface area (Å²) in [6.45, 7) is 4.35. The van der Waals surface area contributed by atoms with Gasteiger partial charge in [-0.1, -0.05) is 44.2 Å². The zero-order valence-corrected chi connectivity index (χ0v) is 12.1. The summed E-state index contributed by atoms with van der Waals surface area (Å²) in [5.41, 5.74) is 6.44. The number of aliphatic hydroxyl groups excluding tert-OH is 1. The second kappa shape index (κ2) is 6.15. The van der Waals surface area contributed by atoms with Gasteiger partial charge < -0.3 is 10.8 Å². The molecule has 108 valence electrons. The van der Waals surface area contributed by atoms with E-state index in [4.69, 9.17) is 5.73 Å². The number of aliphatic hydroxyl groups is 1. The van der Waals surface area contributed by atoms with Crippen molar-refractivity contribution in [1.29, 1.82) is 0 Å². The fourth-order valence-corrected chi connectivity index (χ4v) is 2.23. The van der Waals surface area contributed by atoms with E-state index in [2.05, 4.69) is 10.1 Å². The maximum Gasteiger partial charge on any atom is 0.150 e. The van der Waals surface area contributed by atoms with Gasteiger partial charge in [-0.2, -0.15) is 5.10 Å². The third kappa shape index (κ3) is 2.89. The van der Waals surface area contributed by atoms with Gasteiger partial charge in [0.2, 0.25) is 0 Å². The zero-order valence-electron chi connectivity index (χ0n) is 12.1. The lowest BCUT2D eigenvalue weighted by Crippen LogP contribution is -2.45. The summed E-state index contributed by atoms with van der Waals surface area (Å²) < 4.78 is 1.82. The Bertz CT molecular complexity index is 552. The van der Waals surface area contributed by atoms with E-state index >= 15 is 0 Å². The summed E-state index contributed by atoms with van der Waals surface area (Å²) in [4.78, 5) is 4.47. The minimum atomic E-state index is -0.843. The van der Waals surface area contributed by atoms with Gasteiger partial charge in [0.1, 0.15) is 5.82 Å². The van der Waals surface area contributed by atoms with Crippen molar-refractivity contribution in [3.8, 4) is 0 Å². The largest absolute Gasteiger partial charge is 0.394 e. The monoisotopic (exact) mass is 274 g/mol. The maximum atomic E-state index is 9.74. The average molecular weight is 274 g/mol. The zero-order chi connectivity index (χ0) is 14.6. The van der Waals surface area contributed by atoms with Crippen LogP contribution in [0.5, 0.6) is 0 Å². The number of aryl methyl sites for hydroxylation is 2. The Kier molecular flexibility index (Phi) is 4.52. The fourth-order valence-electron chi connectivity index (χ4n) is 2.23. The van der Waals surface area contributed by atoms with Gasteiger partial charge in [0.25, 0.3) is 0 Å². The smallest absolute Gasteiger partial charge is 0.150 e. The van der Waals surface area contributed by atoms with Crippen LogP contribution in [0.25, 0.3) is 0 Å². The Morgan fingerprint density at radius 2 is 1.90 bits per heavy atom. The Morgan fingerprint density at radius 1 is 1.20 bits per heavy atom. The van der Waals surface area contributed by atoms with Crippen molar-refractivity contribution in [1.82, 2.24) is 14.8 Å². The second-order valence-corrected chi connectivity index (χ2v) is 4.99. The van der Waals surface area contributed by atoms with Crippen molar-refractivity contribution in [3.05, 3.63) is 47.5 Å². The molecular formula is C15H22N4O. The number of aromatic nitrogens is 3. The molecule has 1 unspecified atom stereocenters. The summed E-state index contributed by atoms with van der Waals surface area (Å²) in [7, 11) is 0. The lowest BCUT2D eigenvalue weighted by molar-refractivity contribution is 0.173. The van der Waals surface area contributed by atoms with Crippen LogP contribution in [0.1, 0.15) is 31.1 Å². The first-order chi connectivity index (χ1) is 9.62. The molecule has 20 heavy (non-hydrogen) atoms. The highest BCUT2D eigenvalue weighted by Crippen LogP contribution is 2.20. The van der Waals surface area contributed by atoms with Gasteiger partial charge in [0, 0.05) is 12.8 Å². The van der Waals surface area contributed by atoms with Crippen molar-refractivity contribution < 1.29 is 5.11 Å². The predicted molar refractivity (Wildman–Crippen MR) is 78.2 cm³/mol. The molecular weight excluding hydrogens is 252 g/mol. The van der Waals surface area contributed by atoms with E-state index < -0.39 is 5.54 Å². The molecule has 0 radical (unpaired) electrons. The Balaban J connectivity index is 2.32. The van der Waals surface area contributed by atoms with Gasteiger partial charge in [0.15, 0.2) is 5.82 Å². The Labute approximate surface area is 119 Å². The second-order valence-electron chi connectivity index (χ2n) is 4.99. The van der Waals surface area contributed by atoms with Crippen LogP contribution >= 0.6 is 0 Å². The van der Waals surface area contributed by atoms with Gasteiger partial charge in [-0.05, 0) is 5.56 Å². The fraction of sp³-hybridized carbons (Fsp3) is 0.467. The molecule has 2 rings (SSSR count). The molecule has 0 spiro atoms. The summed E-state index contributed by atoms with van der Waals surface area (Å²) in [6.07, 6.45) is 1.59. The molecule has 5 heteroatoms. The SMILES string of the molecule is CCc1nc(CC)n(CC(N)(CO)c2ccccc2)n1. The van der Waals surface area contributed by atoms with E-state index in [0.29, 0.717) is 6.54 Å². The standard InChI is InChI=1S/C15H22N4O/c1-3-13-17-14(4-2)19(18-13)10-15(16,11-20)12-8-6-5-7-9-12/h5-9,20H,3-4,10-11,16H2,1-2H3. The van der Waals surface area contributed by atoms with Crippen LogP contribution in [-0.2, 0) is 24.9 Å². The molecule has 0 fully saturated rings. The first-order valence-electron chi connectivity index (χ1n) is 7.00. The van der Waals surface area contributed by atoms with E-state index in [1.54, 1.807) is 0 Å². The number of hydrogen-bond acceptors (Lipinski definition) is 4. The molecule has 1 aromatic carbocycles. The molecule has 0 bridgehead atoms. The van der Waals surface area contributed by atoms with Crippen molar-refractivity contribution in [2.45, 2.75) is 38.8 Å². The lowest BCUT2D eigenvalue weighted by atomic mass is 9.92. The summed E-state index contributed by atoms with van der Waals surface area (Å²) >= 11 is 0. The number of rotatable bonds is 6. The molecule has 0 aliphatic carbocycles. The molecule has 5 nitrogen and oxygen atoms in total. The molecule has 0 aliphatic heterocycles. The maximum absolute atomic E-state index is 9.74. The number of nitrogens with zero attached hydrogens (tertiary/aromatic N) is 3. The summed E-state index contributed by atoms with van der Waals surface area (Å²) in [5, 5.41) is 14.2. The Morgan fingerprint density at radius 3 is 2.45 bits per heavy atom. The summed E-state index contributed by atoms with van der Waals surface area (Å²) in [6, 6.07) is 9.64. The highest BCUT2D eigenvalue weighted by molar-refractivity contribution is 5.24. The number of hydrogen-bond donors (Lipinski definition) is 2. The highest BCUT2D eigenvalue weighted by Gasteiger charge is 2.28. The predicted octanol–water partition coefficient (Wildman–Crippen LogP) is 1.25. The van der Waals surface area contributed by atoms with Crippen molar-refractivity contribution in [3.63, 3.8) is 0 Å². The third-order valence-electron chi connectivity index (χ3n) is 3.49. The van der Waals surface area contributed by atoms with Crippen LogP contribution in [0.4, 0.5) is 0 Å².